The minimum absolute atomic E-state index is 0.167. The molecule has 172 valence electrons. The van der Waals surface area contributed by atoms with Gasteiger partial charge in [0.2, 0.25) is 5.91 Å². The monoisotopic (exact) mass is 463 g/mol. The Kier molecular flexibility index (Phi) is 5.38. The zero-order valence-electron chi connectivity index (χ0n) is 18.8. The summed E-state index contributed by atoms with van der Waals surface area (Å²) in [6.07, 6.45) is 11.9. The van der Waals surface area contributed by atoms with E-state index >= 15 is 0 Å². The van der Waals surface area contributed by atoms with E-state index in [0.717, 1.165) is 27.6 Å². The van der Waals surface area contributed by atoms with Gasteiger partial charge in [0.25, 0.3) is 0 Å². The molecule has 5 aromatic heterocycles. The maximum absolute atomic E-state index is 11.4. The molecule has 0 saturated carbocycles. The third kappa shape index (κ3) is 4.27. The smallest absolute Gasteiger partial charge is 0.221 e. The van der Waals surface area contributed by atoms with Crippen molar-refractivity contribution in [3.8, 4) is 22.6 Å². The van der Waals surface area contributed by atoms with Crippen LogP contribution in [0.2, 0.25) is 0 Å². The zero-order chi connectivity index (χ0) is 24.5. The molecule has 0 saturated heterocycles. The number of fused-ring (bicyclic) bond motifs is 2. The Hall–Kier alpha value is -5.12. The van der Waals surface area contributed by atoms with Gasteiger partial charge in [0.05, 0.1) is 34.5 Å². The second-order valence-electron chi connectivity index (χ2n) is 7.94. The van der Waals surface area contributed by atoms with E-state index in [9.17, 15) is 4.79 Å². The molecule has 0 spiro atoms. The summed E-state index contributed by atoms with van der Waals surface area (Å²) in [7, 11) is 0. The van der Waals surface area contributed by atoms with Crippen LogP contribution in [0.5, 0.6) is 0 Å². The van der Waals surface area contributed by atoms with Crippen LogP contribution in [-0.2, 0) is 4.79 Å². The average molecular weight is 464 g/mol. The summed E-state index contributed by atoms with van der Waals surface area (Å²) in [6.45, 7) is 9.22. The topological polar surface area (TPSA) is 151 Å². The molecule has 0 atom stereocenters. The number of imidazole rings is 1. The molecule has 0 aliphatic heterocycles. The highest BCUT2D eigenvalue weighted by molar-refractivity contribution is 5.96. The standard InChI is InChI=1S/C25H21N9O/c1-13(4-5-14(2)26)20-11-28-12-21-22(20)32-25(31-21)23-19-7-17(9-29-24(19)34-33-23)16-6-18(10-27-8-16)30-15(3)35/h4-12H,1-2,26H2,3H3,(H,30,35)(H,31,32)(H,29,33,34)/b5-4-. The molecule has 0 aliphatic rings. The minimum Gasteiger partial charge on any atom is -0.399 e. The van der Waals surface area contributed by atoms with Crippen molar-refractivity contribution < 1.29 is 4.79 Å². The van der Waals surface area contributed by atoms with Crippen molar-refractivity contribution >= 4 is 39.2 Å². The number of nitrogens with one attached hydrogen (secondary N) is 3. The molecule has 1 amide bonds. The fourth-order valence-electron chi connectivity index (χ4n) is 3.69. The Morgan fingerprint density at radius 2 is 1.86 bits per heavy atom. The lowest BCUT2D eigenvalue weighted by Crippen LogP contribution is -2.05. The number of pyridine rings is 3. The van der Waals surface area contributed by atoms with Gasteiger partial charge in [-0.15, -0.1) is 0 Å². The predicted octanol–water partition coefficient (Wildman–Crippen LogP) is 3.96. The SMILES string of the molecule is C=C(N)/C=C\C(=C)c1cncc2[nH]c(-c3[nH]nc4ncc(-c5cncc(NC(C)=O)c5)cc34)nc12. The first-order chi connectivity index (χ1) is 16.9. The number of amides is 1. The van der Waals surface area contributed by atoms with Gasteiger partial charge < -0.3 is 16.0 Å². The zero-order valence-corrected chi connectivity index (χ0v) is 18.8. The van der Waals surface area contributed by atoms with E-state index in [-0.39, 0.29) is 5.91 Å². The molecule has 5 heterocycles. The van der Waals surface area contributed by atoms with E-state index in [4.69, 9.17) is 10.7 Å². The third-order valence-corrected chi connectivity index (χ3v) is 5.28. The molecule has 0 bridgehead atoms. The molecule has 35 heavy (non-hydrogen) atoms. The largest absolute Gasteiger partial charge is 0.399 e. The molecule has 0 aliphatic carbocycles. The van der Waals surface area contributed by atoms with Crippen molar-refractivity contribution in [2.75, 3.05) is 5.32 Å². The molecule has 0 fully saturated rings. The van der Waals surface area contributed by atoms with Crippen LogP contribution in [0.15, 0.2) is 74.1 Å². The number of anilines is 1. The second kappa shape index (κ2) is 8.67. The lowest BCUT2D eigenvalue weighted by molar-refractivity contribution is -0.114. The van der Waals surface area contributed by atoms with E-state index in [1.807, 2.05) is 12.1 Å². The molecule has 5 N–H and O–H groups in total. The lowest BCUT2D eigenvalue weighted by atomic mass is 10.1. The number of rotatable bonds is 6. The number of hydrogen-bond acceptors (Lipinski definition) is 7. The van der Waals surface area contributed by atoms with Gasteiger partial charge in [-0.05, 0) is 23.8 Å². The van der Waals surface area contributed by atoms with Gasteiger partial charge in [0.1, 0.15) is 5.69 Å². The van der Waals surface area contributed by atoms with E-state index in [1.165, 1.54) is 6.92 Å². The Morgan fingerprint density at radius 3 is 2.66 bits per heavy atom. The number of carbonyl (C=O) groups excluding carboxylic acids is 1. The lowest BCUT2D eigenvalue weighted by Gasteiger charge is -2.05. The Labute approximate surface area is 199 Å². The quantitative estimate of drug-likeness (QED) is 0.278. The number of nitrogens with zero attached hydrogens (tertiary/aromatic N) is 5. The summed E-state index contributed by atoms with van der Waals surface area (Å²) in [5, 5.41) is 10.9. The highest BCUT2D eigenvalue weighted by Crippen LogP contribution is 2.31. The van der Waals surface area contributed by atoms with Gasteiger partial charge in [-0.25, -0.2) is 9.97 Å². The first-order valence-corrected chi connectivity index (χ1v) is 10.6. The molecule has 0 unspecified atom stereocenters. The van der Waals surface area contributed by atoms with E-state index in [1.54, 1.807) is 43.1 Å². The fourth-order valence-corrected chi connectivity index (χ4v) is 3.69. The number of aromatic amines is 2. The summed E-state index contributed by atoms with van der Waals surface area (Å²) in [5.41, 5.74) is 12.5. The molecule has 10 heteroatoms. The van der Waals surface area contributed by atoms with Crippen molar-refractivity contribution in [2.45, 2.75) is 6.92 Å². The summed E-state index contributed by atoms with van der Waals surface area (Å²) in [4.78, 5) is 32.5. The van der Waals surface area contributed by atoms with Crippen molar-refractivity contribution in [3.63, 3.8) is 0 Å². The summed E-state index contributed by atoms with van der Waals surface area (Å²) >= 11 is 0. The number of aromatic nitrogens is 7. The van der Waals surface area contributed by atoms with Crippen LogP contribution in [0.3, 0.4) is 0 Å². The van der Waals surface area contributed by atoms with E-state index in [2.05, 4.69) is 48.6 Å². The summed E-state index contributed by atoms with van der Waals surface area (Å²) in [5.74, 6) is 0.417. The Morgan fingerprint density at radius 1 is 1.06 bits per heavy atom. The number of allylic oxidation sites excluding steroid dienone is 3. The summed E-state index contributed by atoms with van der Waals surface area (Å²) < 4.78 is 0. The van der Waals surface area contributed by atoms with Gasteiger partial charge in [-0.2, -0.15) is 5.10 Å². The number of hydrogen-bond donors (Lipinski definition) is 4. The van der Waals surface area contributed by atoms with Crippen LogP contribution in [0.1, 0.15) is 12.5 Å². The van der Waals surface area contributed by atoms with Crippen LogP contribution in [0, 0.1) is 0 Å². The van der Waals surface area contributed by atoms with Crippen LogP contribution >= 0.6 is 0 Å². The van der Waals surface area contributed by atoms with Gasteiger partial charge in [-0.3, -0.25) is 19.9 Å². The summed E-state index contributed by atoms with van der Waals surface area (Å²) in [6, 6.07) is 3.79. The number of H-pyrrole nitrogens is 2. The van der Waals surface area contributed by atoms with Crippen LogP contribution < -0.4 is 11.1 Å². The number of carbonyl (C=O) groups is 1. The second-order valence-corrected chi connectivity index (χ2v) is 7.94. The highest BCUT2D eigenvalue weighted by Gasteiger charge is 2.16. The minimum atomic E-state index is -0.167. The number of nitrogens with two attached hydrogens (primary N) is 1. The van der Waals surface area contributed by atoms with Crippen molar-refractivity contribution in [2.24, 2.45) is 5.73 Å². The first kappa shape index (κ1) is 21.7. The van der Waals surface area contributed by atoms with Gasteiger partial charge in [0.15, 0.2) is 11.5 Å². The van der Waals surface area contributed by atoms with Crippen molar-refractivity contribution in [1.29, 1.82) is 0 Å². The first-order valence-electron chi connectivity index (χ1n) is 10.6. The molecule has 0 radical (unpaired) electrons. The normalized spacial score (nSPS) is 11.3. The van der Waals surface area contributed by atoms with Gasteiger partial charge in [0, 0.05) is 47.9 Å². The van der Waals surface area contributed by atoms with Crippen molar-refractivity contribution in [3.05, 3.63) is 79.7 Å². The van der Waals surface area contributed by atoms with E-state index in [0.29, 0.717) is 39.6 Å². The van der Waals surface area contributed by atoms with E-state index < -0.39 is 0 Å². The average Bonchev–Trinajstić information content (AvgIpc) is 3.45. The van der Waals surface area contributed by atoms with Crippen LogP contribution in [0.25, 0.3) is 50.3 Å². The van der Waals surface area contributed by atoms with Gasteiger partial charge in [-0.1, -0.05) is 19.2 Å². The molecule has 0 aromatic carbocycles. The maximum atomic E-state index is 11.4. The van der Waals surface area contributed by atoms with Crippen molar-refractivity contribution in [1.82, 2.24) is 35.1 Å². The fraction of sp³-hybridized carbons (Fsp3) is 0.0400. The Balaban J connectivity index is 1.57. The molecule has 10 nitrogen and oxygen atoms in total. The Bertz CT molecular complexity index is 1660. The third-order valence-electron chi connectivity index (χ3n) is 5.28. The van der Waals surface area contributed by atoms with Crippen LogP contribution in [0.4, 0.5) is 5.69 Å². The predicted molar refractivity (Wildman–Crippen MR) is 136 cm³/mol. The molecular formula is C25H21N9O. The maximum Gasteiger partial charge on any atom is 0.221 e. The van der Waals surface area contributed by atoms with Crippen LogP contribution in [-0.4, -0.2) is 41.0 Å². The molecule has 5 aromatic rings. The molecular weight excluding hydrogens is 442 g/mol. The molecule has 5 rings (SSSR count). The highest BCUT2D eigenvalue weighted by atomic mass is 16.1. The van der Waals surface area contributed by atoms with Gasteiger partial charge >= 0.3 is 0 Å².